The summed E-state index contributed by atoms with van der Waals surface area (Å²) < 4.78 is 10.0. The van der Waals surface area contributed by atoms with E-state index in [9.17, 15) is 14.7 Å². The van der Waals surface area contributed by atoms with Gasteiger partial charge in [-0.3, -0.25) is 4.79 Å². The highest BCUT2D eigenvalue weighted by Crippen LogP contribution is 2.22. The van der Waals surface area contributed by atoms with Gasteiger partial charge in [-0.2, -0.15) is 0 Å². The highest BCUT2D eigenvalue weighted by Gasteiger charge is 2.15. The van der Waals surface area contributed by atoms with Crippen LogP contribution >= 0.6 is 0 Å². The van der Waals surface area contributed by atoms with Gasteiger partial charge in [-0.15, -0.1) is 0 Å². The van der Waals surface area contributed by atoms with Gasteiger partial charge in [-0.05, 0) is 38.5 Å². The fraction of sp³-hybridized carbons (Fsp3) is 0.312. The molecule has 1 heterocycles. The molecule has 0 saturated heterocycles. The first-order valence-electron chi connectivity index (χ1n) is 7.05. The van der Waals surface area contributed by atoms with Crippen molar-refractivity contribution in [2.24, 2.45) is 0 Å². The number of ether oxygens (including phenoxy) is 1. The number of aromatic nitrogens is 1. The second-order valence-electron chi connectivity index (χ2n) is 5.07. The fourth-order valence-electron chi connectivity index (χ4n) is 2.25. The topological polar surface area (TPSA) is 102 Å². The van der Waals surface area contributed by atoms with Crippen molar-refractivity contribution >= 4 is 17.6 Å². The largest absolute Gasteiger partial charge is 0.497 e. The number of nitrogens with one attached hydrogen (secondary N) is 1. The number of aromatic carboxylic acids is 1. The molecule has 7 heteroatoms. The maximum Gasteiger partial charge on any atom is 0.337 e. The number of carbonyl (C=O) groups is 2. The Kier molecular flexibility index (Phi) is 5.00. The SMILES string of the molecule is COc1ccc(NC(=O)CCc2c(C)noc2C)c(C(=O)O)c1. The van der Waals surface area contributed by atoms with E-state index < -0.39 is 5.97 Å². The van der Waals surface area contributed by atoms with Gasteiger partial charge in [-0.1, -0.05) is 5.16 Å². The molecule has 0 aliphatic carbocycles. The van der Waals surface area contributed by atoms with Crippen molar-refractivity contribution in [3.8, 4) is 5.75 Å². The number of amides is 1. The number of carboxylic acids is 1. The molecule has 0 bridgehead atoms. The summed E-state index contributed by atoms with van der Waals surface area (Å²) in [7, 11) is 1.45. The second kappa shape index (κ2) is 6.95. The Morgan fingerprint density at radius 1 is 1.35 bits per heavy atom. The zero-order valence-electron chi connectivity index (χ0n) is 13.2. The molecule has 0 spiro atoms. The highest BCUT2D eigenvalue weighted by atomic mass is 16.5. The van der Waals surface area contributed by atoms with Crippen molar-refractivity contribution in [2.75, 3.05) is 12.4 Å². The molecule has 0 aliphatic rings. The van der Waals surface area contributed by atoms with Gasteiger partial charge in [0.15, 0.2) is 0 Å². The molecule has 23 heavy (non-hydrogen) atoms. The van der Waals surface area contributed by atoms with Crippen LogP contribution in [0.3, 0.4) is 0 Å². The molecule has 122 valence electrons. The summed E-state index contributed by atoms with van der Waals surface area (Å²) in [6.07, 6.45) is 0.680. The van der Waals surface area contributed by atoms with E-state index >= 15 is 0 Å². The van der Waals surface area contributed by atoms with Gasteiger partial charge in [0, 0.05) is 12.0 Å². The van der Waals surface area contributed by atoms with Crippen LogP contribution in [0.1, 0.15) is 33.8 Å². The van der Waals surface area contributed by atoms with Gasteiger partial charge in [0.2, 0.25) is 5.91 Å². The van der Waals surface area contributed by atoms with Crippen LogP contribution in [0, 0.1) is 13.8 Å². The number of carboxylic acid groups (broad SMARTS) is 1. The van der Waals surface area contributed by atoms with Gasteiger partial charge in [0.1, 0.15) is 11.5 Å². The summed E-state index contributed by atoms with van der Waals surface area (Å²) in [4.78, 5) is 23.4. The average molecular weight is 318 g/mol. The van der Waals surface area contributed by atoms with Gasteiger partial charge in [-0.25, -0.2) is 4.79 Å². The number of carbonyl (C=O) groups excluding carboxylic acids is 1. The van der Waals surface area contributed by atoms with Crippen LogP contribution in [-0.2, 0) is 11.2 Å². The van der Waals surface area contributed by atoms with Crippen LogP contribution in [0.4, 0.5) is 5.69 Å². The van der Waals surface area contributed by atoms with E-state index in [1.54, 1.807) is 13.0 Å². The summed E-state index contributed by atoms with van der Waals surface area (Å²) >= 11 is 0. The van der Waals surface area contributed by atoms with Gasteiger partial charge in [0.05, 0.1) is 24.1 Å². The first-order chi connectivity index (χ1) is 10.9. The minimum atomic E-state index is -1.13. The maximum atomic E-state index is 12.1. The van der Waals surface area contributed by atoms with Crippen LogP contribution in [0.5, 0.6) is 5.75 Å². The number of methoxy groups -OCH3 is 1. The molecule has 2 rings (SSSR count). The highest BCUT2D eigenvalue weighted by molar-refractivity contribution is 6.00. The molecule has 1 amide bonds. The molecule has 0 unspecified atom stereocenters. The quantitative estimate of drug-likeness (QED) is 0.848. The van der Waals surface area contributed by atoms with E-state index in [2.05, 4.69) is 10.5 Å². The number of anilines is 1. The second-order valence-corrected chi connectivity index (χ2v) is 5.07. The molecule has 1 aromatic carbocycles. The average Bonchev–Trinajstić information content (AvgIpc) is 2.84. The summed E-state index contributed by atoms with van der Waals surface area (Å²) in [5.41, 5.74) is 1.87. The first-order valence-corrected chi connectivity index (χ1v) is 7.05. The van der Waals surface area contributed by atoms with Gasteiger partial charge in [0.25, 0.3) is 0 Å². The molecule has 7 nitrogen and oxygen atoms in total. The Labute approximate surface area is 133 Å². The molecular formula is C16H18N2O5. The van der Waals surface area contributed by atoms with Crippen LogP contribution in [-0.4, -0.2) is 29.2 Å². The predicted octanol–water partition coefficient (Wildman–Crippen LogP) is 2.57. The number of hydrogen-bond donors (Lipinski definition) is 2. The molecule has 0 radical (unpaired) electrons. The van der Waals surface area contributed by atoms with Crippen LogP contribution in [0.2, 0.25) is 0 Å². The summed E-state index contributed by atoms with van der Waals surface area (Å²) in [6.45, 7) is 3.61. The van der Waals surface area contributed by atoms with Crippen LogP contribution in [0.25, 0.3) is 0 Å². The zero-order chi connectivity index (χ0) is 17.0. The Morgan fingerprint density at radius 3 is 2.65 bits per heavy atom. The summed E-state index contributed by atoms with van der Waals surface area (Å²) in [5, 5.41) is 15.7. The van der Waals surface area contributed by atoms with E-state index in [1.807, 2.05) is 6.92 Å². The van der Waals surface area contributed by atoms with Crippen molar-refractivity contribution < 1.29 is 24.0 Å². The number of nitrogens with zero attached hydrogens (tertiary/aromatic N) is 1. The summed E-state index contributed by atoms with van der Waals surface area (Å²) in [6, 6.07) is 4.47. The standard InChI is InChI=1S/C16H18N2O5/c1-9-12(10(2)23-18-9)5-7-15(19)17-14-6-4-11(22-3)8-13(14)16(20)21/h4,6,8H,5,7H2,1-3H3,(H,17,19)(H,20,21). The molecule has 2 N–H and O–H groups in total. The minimum Gasteiger partial charge on any atom is -0.497 e. The molecule has 0 aliphatic heterocycles. The minimum absolute atomic E-state index is 0.0185. The predicted molar refractivity (Wildman–Crippen MR) is 82.9 cm³/mol. The third-order valence-corrected chi connectivity index (χ3v) is 3.51. The van der Waals surface area contributed by atoms with E-state index in [0.29, 0.717) is 17.9 Å². The van der Waals surface area contributed by atoms with Crippen molar-refractivity contribution in [2.45, 2.75) is 26.7 Å². The fourth-order valence-corrected chi connectivity index (χ4v) is 2.25. The zero-order valence-corrected chi connectivity index (χ0v) is 13.2. The molecule has 1 aromatic heterocycles. The smallest absolute Gasteiger partial charge is 0.337 e. The molecule has 0 atom stereocenters. The lowest BCUT2D eigenvalue weighted by Crippen LogP contribution is -2.15. The molecule has 0 saturated carbocycles. The van der Waals surface area contributed by atoms with Crippen molar-refractivity contribution in [3.05, 3.63) is 40.8 Å². The van der Waals surface area contributed by atoms with Gasteiger partial charge < -0.3 is 19.7 Å². The monoisotopic (exact) mass is 318 g/mol. The number of rotatable bonds is 6. The van der Waals surface area contributed by atoms with E-state index in [1.165, 1.54) is 19.2 Å². The first kappa shape index (κ1) is 16.5. The summed E-state index contributed by atoms with van der Waals surface area (Å²) in [5.74, 6) is -0.315. The Balaban J connectivity index is 2.07. The lowest BCUT2D eigenvalue weighted by molar-refractivity contribution is -0.116. The molecular weight excluding hydrogens is 300 g/mol. The van der Waals surface area contributed by atoms with Gasteiger partial charge >= 0.3 is 5.97 Å². The maximum absolute atomic E-state index is 12.1. The van der Waals surface area contributed by atoms with Crippen molar-refractivity contribution in [1.29, 1.82) is 0 Å². The Bertz CT molecular complexity index is 717. The van der Waals surface area contributed by atoms with Crippen LogP contribution in [0.15, 0.2) is 22.7 Å². The van der Waals surface area contributed by atoms with Crippen molar-refractivity contribution in [3.63, 3.8) is 0 Å². The molecule has 2 aromatic rings. The van der Waals surface area contributed by atoms with E-state index in [-0.39, 0.29) is 23.6 Å². The third kappa shape index (κ3) is 3.88. The normalized spacial score (nSPS) is 10.4. The number of aryl methyl sites for hydroxylation is 2. The van der Waals surface area contributed by atoms with Crippen molar-refractivity contribution in [1.82, 2.24) is 5.16 Å². The van der Waals surface area contributed by atoms with E-state index in [4.69, 9.17) is 9.26 Å². The van der Waals surface area contributed by atoms with Crippen LogP contribution < -0.4 is 10.1 Å². The molecule has 0 fully saturated rings. The number of benzene rings is 1. The lowest BCUT2D eigenvalue weighted by Gasteiger charge is -2.10. The lowest BCUT2D eigenvalue weighted by atomic mass is 10.1. The Morgan fingerprint density at radius 2 is 2.09 bits per heavy atom. The number of hydrogen-bond acceptors (Lipinski definition) is 5. The third-order valence-electron chi connectivity index (χ3n) is 3.51. The Hall–Kier alpha value is -2.83. The van der Waals surface area contributed by atoms with E-state index in [0.717, 1.165) is 11.3 Å².